The Morgan fingerprint density at radius 2 is 2.05 bits per heavy atom. The van der Waals surface area contributed by atoms with Crippen LogP contribution < -0.4 is 0 Å². The highest BCUT2D eigenvalue weighted by molar-refractivity contribution is 5.87. The van der Waals surface area contributed by atoms with Gasteiger partial charge in [-0.25, -0.2) is 4.98 Å². The molecule has 112 valence electrons. The van der Waals surface area contributed by atoms with E-state index in [1.807, 2.05) is 44.2 Å². The van der Waals surface area contributed by atoms with Gasteiger partial charge in [-0.05, 0) is 19.4 Å². The normalized spacial score (nSPS) is 11.4. The molecular formula is C16H21N3O2. The van der Waals surface area contributed by atoms with E-state index in [4.69, 9.17) is 0 Å². The number of amides is 1. The van der Waals surface area contributed by atoms with Gasteiger partial charge in [0.2, 0.25) is 5.91 Å². The number of aliphatic hydroxyl groups is 1. The highest BCUT2D eigenvalue weighted by atomic mass is 16.3. The zero-order chi connectivity index (χ0) is 15.3. The van der Waals surface area contributed by atoms with Gasteiger partial charge in [-0.1, -0.05) is 30.3 Å². The molecule has 2 N–H and O–H groups in total. The van der Waals surface area contributed by atoms with Crippen molar-refractivity contribution in [1.82, 2.24) is 14.9 Å². The quantitative estimate of drug-likeness (QED) is 0.849. The average Bonchev–Trinajstić information content (AvgIpc) is 3.00. The number of carbonyl (C=O) groups excluding carboxylic acids is 1. The maximum absolute atomic E-state index is 12.9. The minimum Gasteiger partial charge on any atom is -0.395 e. The van der Waals surface area contributed by atoms with Crippen LogP contribution in [0.5, 0.6) is 0 Å². The summed E-state index contributed by atoms with van der Waals surface area (Å²) in [5.41, 5.74) is 0.306. The van der Waals surface area contributed by atoms with Crippen LogP contribution in [0, 0.1) is 0 Å². The lowest BCUT2D eigenvalue weighted by Crippen LogP contribution is -2.44. The second kappa shape index (κ2) is 6.54. The van der Waals surface area contributed by atoms with E-state index in [1.54, 1.807) is 17.3 Å². The van der Waals surface area contributed by atoms with Gasteiger partial charge in [0.25, 0.3) is 0 Å². The van der Waals surface area contributed by atoms with Crippen LogP contribution in [-0.4, -0.2) is 39.0 Å². The van der Waals surface area contributed by atoms with Crippen molar-refractivity contribution in [3.05, 3.63) is 54.1 Å². The Balaban J connectivity index is 2.21. The summed E-state index contributed by atoms with van der Waals surface area (Å²) in [4.78, 5) is 21.6. The largest absolute Gasteiger partial charge is 0.395 e. The summed E-state index contributed by atoms with van der Waals surface area (Å²) in [6, 6.07) is 9.67. The molecule has 0 aliphatic carbocycles. The molecule has 0 atom stereocenters. The molecule has 0 aliphatic rings. The van der Waals surface area contributed by atoms with Gasteiger partial charge >= 0.3 is 0 Å². The third kappa shape index (κ3) is 3.49. The number of rotatable bonds is 6. The van der Waals surface area contributed by atoms with Gasteiger partial charge in [0, 0.05) is 18.9 Å². The Kier molecular flexibility index (Phi) is 4.75. The predicted octanol–water partition coefficient (Wildman–Crippen LogP) is 1.71. The van der Waals surface area contributed by atoms with Crippen LogP contribution in [-0.2, 0) is 16.8 Å². The molecule has 0 unspecified atom stereocenters. The lowest BCUT2D eigenvalue weighted by atomic mass is 9.83. The minimum atomic E-state index is -0.650. The van der Waals surface area contributed by atoms with Crippen molar-refractivity contribution in [1.29, 1.82) is 0 Å². The number of H-pyrrole nitrogens is 1. The maximum Gasteiger partial charge on any atom is 0.233 e. The average molecular weight is 287 g/mol. The molecule has 0 saturated heterocycles. The number of carbonyl (C=O) groups is 1. The van der Waals surface area contributed by atoms with Crippen molar-refractivity contribution in [3.8, 4) is 0 Å². The van der Waals surface area contributed by atoms with E-state index >= 15 is 0 Å². The van der Waals surface area contributed by atoms with Gasteiger partial charge in [0.15, 0.2) is 0 Å². The summed E-state index contributed by atoms with van der Waals surface area (Å²) in [5.74, 6) is 0.680. The summed E-state index contributed by atoms with van der Waals surface area (Å²) in [6.07, 6.45) is 3.37. The lowest BCUT2D eigenvalue weighted by Gasteiger charge is -2.31. The van der Waals surface area contributed by atoms with E-state index in [1.165, 1.54) is 0 Å². The van der Waals surface area contributed by atoms with Crippen LogP contribution in [0.1, 0.15) is 25.2 Å². The molecule has 21 heavy (non-hydrogen) atoms. The highest BCUT2D eigenvalue weighted by Gasteiger charge is 2.33. The van der Waals surface area contributed by atoms with Gasteiger partial charge < -0.3 is 15.0 Å². The van der Waals surface area contributed by atoms with Crippen LogP contribution in [0.3, 0.4) is 0 Å². The summed E-state index contributed by atoms with van der Waals surface area (Å²) in [6.45, 7) is 4.38. The fourth-order valence-electron chi connectivity index (χ4n) is 2.31. The molecule has 1 aromatic heterocycles. The van der Waals surface area contributed by atoms with E-state index < -0.39 is 5.41 Å². The predicted molar refractivity (Wildman–Crippen MR) is 80.6 cm³/mol. The second-order valence-electron chi connectivity index (χ2n) is 5.48. The SMILES string of the molecule is CC(C)(C(=O)N(CCO)Cc1ncc[nH]1)c1ccccc1. The van der Waals surface area contributed by atoms with Crippen LogP contribution in [0.4, 0.5) is 0 Å². The first kappa shape index (κ1) is 15.3. The number of imidazole rings is 1. The van der Waals surface area contributed by atoms with Gasteiger partial charge in [-0.2, -0.15) is 0 Å². The summed E-state index contributed by atoms with van der Waals surface area (Å²) in [7, 11) is 0. The van der Waals surface area contributed by atoms with E-state index in [9.17, 15) is 9.90 Å². The molecule has 1 aromatic carbocycles. The number of benzene rings is 1. The molecule has 0 fully saturated rings. The molecule has 0 spiro atoms. The van der Waals surface area contributed by atoms with Crippen molar-refractivity contribution >= 4 is 5.91 Å². The van der Waals surface area contributed by atoms with E-state index in [0.717, 1.165) is 5.56 Å². The molecule has 0 saturated carbocycles. The van der Waals surface area contributed by atoms with Crippen molar-refractivity contribution in [2.24, 2.45) is 0 Å². The summed E-state index contributed by atoms with van der Waals surface area (Å²) in [5, 5.41) is 9.23. The van der Waals surface area contributed by atoms with Crippen molar-refractivity contribution < 1.29 is 9.90 Å². The smallest absolute Gasteiger partial charge is 0.233 e. The molecule has 0 bridgehead atoms. The number of nitrogens with zero attached hydrogens (tertiary/aromatic N) is 2. The zero-order valence-electron chi connectivity index (χ0n) is 12.4. The van der Waals surface area contributed by atoms with Gasteiger partial charge in [-0.3, -0.25) is 4.79 Å². The number of aromatic amines is 1. The Morgan fingerprint density at radius 3 is 2.62 bits per heavy atom. The second-order valence-corrected chi connectivity index (χ2v) is 5.48. The first-order valence-corrected chi connectivity index (χ1v) is 6.99. The molecular weight excluding hydrogens is 266 g/mol. The van der Waals surface area contributed by atoms with Gasteiger partial charge in [-0.15, -0.1) is 0 Å². The van der Waals surface area contributed by atoms with E-state index in [-0.39, 0.29) is 19.1 Å². The number of aromatic nitrogens is 2. The van der Waals surface area contributed by atoms with Crippen LogP contribution >= 0.6 is 0 Å². The van der Waals surface area contributed by atoms with Crippen LogP contribution in [0.15, 0.2) is 42.7 Å². The standard InChI is InChI=1S/C16H21N3O2/c1-16(2,13-6-4-3-5-7-13)15(21)19(10-11-20)12-14-17-8-9-18-14/h3-9,20H,10-12H2,1-2H3,(H,17,18). The van der Waals surface area contributed by atoms with Crippen molar-refractivity contribution in [3.63, 3.8) is 0 Å². The first-order chi connectivity index (χ1) is 10.1. The molecule has 0 radical (unpaired) electrons. The lowest BCUT2D eigenvalue weighted by molar-refractivity contribution is -0.137. The third-order valence-electron chi connectivity index (χ3n) is 3.58. The Labute approximate surface area is 124 Å². The molecule has 2 aromatic rings. The fourth-order valence-corrected chi connectivity index (χ4v) is 2.31. The summed E-state index contributed by atoms with van der Waals surface area (Å²) < 4.78 is 0. The molecule has 5 heteroatoms. The Bertz CT molecular complexity index is 564. The fraction of sp³-hybridized carbons (Fsp3) is 0.375. The number of aliphatic hydroxyl groups excluding tert-OH is 1. The zero-order valence-corrected chi connectivity index (χ0v) is 12.4. The van der Waals surface area contributed by atoms with Crippen LogP contribution in [0.25, 0.3) is 0 Å². The van der Waals surface area contributed by atoms with Crippen molar-refractivity contribution in [2.75, 3.05) is 13.2 Å². The number of nitrogens with one attached hydrogen (secondary N) is 1. The van der Waals surface area contributed by atoms with Crippen LogP contribution in [0.2, 0.25) is 0 Å². The Hall–Kier alpha value is -2.14. The molecule has 2 rings (SSSR count). The monoisotopic (exact) mass is 287 g/mol. The van der Waals surface area contributed by atoms with Gasteiger partial charge in [0.05, 0.1) is 18.6 Å². The van der Waals surface area contributed by atoms with E-state index in [2.05, 4.69) is 9.97 Å². The molecule has 1 heterocycles. The maximum atomic E-state index is 12.9. The molecule has 1 amide bonds. The summed E-state index contributed by atoms with van der Waals surface area (Å²) >= 11 is 0. The van der Waals surface area contributed by atoms with E-state index in [0.29, 0.717) is 12.4 Å². The topological polar surface area (TPSA) is 69.2 Å². The van der Waals surface area contributed by atoms with Gasteiger partial charge in [0.1, 0.15) is 5.82 Å². The minimum absolute atomic E-state index is 0.0286. The highest BCUT2D eigenvalue weighted by Crippen LogP contribution is 2.26. The molecule has 5 nitrogen and oxygen atoms in total. The Morgan fingerprint density at radius 1 is 1.33 bits per heavy atom. The van der Waals surface area contributed by atoms with Crippen molar-refractivity contribution in [2.45, 2.75) is 25.8 Å². The number of hydrogen-bond donors (Lipinski definition) is 2. The first-order valence-electron chi connectivity index (χ1n) is 6.99. The third-order valence-corrected chi connectivity index (χ3v) is 3.58. The molecule has 0 aliphatic heterocycles. The number of hydrogen-bond acceptors (Lipinski definition) is 3.